The van der Waals surface area contributed by atoms with Crippen LogP contribution < -0.4 is 0 Å². The Kier molecular flexibility index (Phi) is 4.28. The lowest BCUT2D eigenvalue weighted by Crippen LogP contribution is -1.85. The molecule has 0 aliphatic carbocycles. The summed E-state index contributed by atoms with van der Waals surface area (Å²) in [6.45, 7) is 4.13. The van der Waals surface area contributed by atoms with E-state index in [9.17, 15) is 10.1 Å². The van der Waals surface area contributed by atoms with Gasteiger partial charge in [-0.25, -0.2) is 0 Å². The second-order valence-corrected chi connectivity index (χ2v) is 3.73. The Morgan fingerprint density at radius 2 is 2.06 bits per heavy atom. The monoisotopic (exact) mass is 219 g/mol. The average molecular weight is 219 g/mol. The molecule has 0 unspecified atom stereocenters. The van der Waals surface area contributed by atoms with Gasteiger partial charge >= 0.3 is 0 Å². The standard InChI is InChI=1S/C11H13N3O2/c1-9(2)7-8-12-13-10-3-5-11(6-4-10)14(15)16/h3-6,9H,7H2,1-2H3. The zero-order valence-electron chi connectivity index (χ0n) is 9.25. The number of hydrogen-bond donors (Lipinski definition) is 0. The van der Waals surface area contributed by atoms with Gasteiger partial charge in [-0.2, -0.15) is 0 Å². The normalized spacial score (nSPS) is 9.44. The SMILES string of the molecule is CC(C)CC#[N+][N-]c1ccc([N+](=O)[O-])cc1. The van der Waals surface area contributed by atoms with Crippen LogP contribution in [0.25, 0.3) is 10.4 Å². The fourth-order valence-electron chi connectivity index (χ4n) is 0.958. The molecule has 0 aromatic heterocycles. The van der Waals surface area contributed by atoms with E-state index in [-0.39, 0.29) is 5.69 Å². The molecule has 0 heterocycles. The van der Waals surface area contributed by atoms with Gasteiger partial charge in [0.15, 0.2) is 0 Å². The fraction of sp³-hybridized carbons (Fsp3) is 0.364. The van der Waals surface area contributed by atoms with Crippen LogP contribution in [0.2, 0.25) is 0 Å². The maximum atomic E-state index is 10.4. The molecule has 0 amide bonds. The molecule has 1 aromatic carbocycles. The summed E-state index contributed by atoms with van der Waals surface area (Å²) < 4.78 is 0. The van der Waals surface area contributed by atoms with Gasteiger partial charge in [0.1, 0.15) is 0 Å². The summed E-state index contributed by atoms with van der Waals surface area (Å²) in [6, 6.07) is 8.70. The van der Waals surface area contributed by atoms with Gasteiger partial charge in [-0.15, -0.1) is 0 Å². The van der Waals surface area contributed by atoms with Crippen molar-refractivity contribution in [2.24, 2.45) is 5.92 Å². The molecule has 0 aliphatic heterocycles. The lowest BCUT2D eigenvalue weighted by molar-refractivity contribution is -0.384. The summed E-state index contributed by atoms with van der Waals surface area (Å²) >= 11 is 0. The molecule has 0 fully saturated rings. The van der Waals surface area contributed by atoms with E-state index in [1.54, 1.807) is 12.1 Å². The highest BCUT2D eigenvalue weighted by Crippen LogP contribution is 2.22. The lowest BCUT2D eigenvalue weighted by Gasteiger charge is -1.99. The van der Waals surface area contributed by atoms with Gasteiger partial charge in [0, 0.05) is 12.1 Å². The summed E-state index contributed by atoms with van der Waals surface area (Å²) in [5, 5.41) is 10.4. The van der Waals surface area contributed by atoms with Crippen molar-refractivity contribution in [3.8, 4) is 6.07 Å². The quantitative estimate of drug-likeness (QED) is 0.571. The first-order valence-corrected chi connectivity index (χ1v) is 4.97. The lowest BCUT2D eigenvalue weighted by atomic mass is 10.2. The van der Waals surface area contributed by atoms with E-state index in [4.69, 9.17) is 0 Å². The van der Waals surface area contributed by atoms with Gasteiger partial charge < -0.3 is 0 Å². The van der Waals surface area contributed by atoms with Crippen LogP contribution in [0.15, 0.2) is 24.3 Å². The minimum Gasteiger partial charge on any atom is -0.278 e. The van der Waals surface area contributed by atoms with Crippen molar-refractivity contribution in [1.82, 2.24) is 0 Å². The van der Waals surface area contributed by atoms with Crippen LogP contribution in [0.4, 0.5) is 11.4 Å². The summed E-state index contributed by atoms with van der Waals surface area (Å²) in [4.78, 5) is 13.7. The molecule has 16 heavy (non-hydrogen) atoms. The Balaban J connectivity index is 2.54. The van der Waals surface area contributed by atoms with Crippen molar-refractivity contribution in [2.75, 3.05) is 0 Å². The predicted molar refractivity (Wildman–Crippen MR) is 62.8 cm³/mol. The number of nitro benzene ring substituents is 1. The number of benzene rings is 1. The first-order valence-electron chi connectivity index (χ1n) is 4.97. The predicted octanol–water partition coefficient (Wildman–Crippen LogP) is 3.89. The van der Waals surface area contributed by atoms with Crippen molar-refractivity contribution in [3.05, 3.63) is 44.8 Å². The van der Waals surface area contributed by atoms with Crippen LogP contribution in [-0.2, 0) is 0 Å². The highest BCUT2D eigenvalue weighted by Gasteiger charge is 2.01. The molecule has 0 aliphatic rings. The molecule has 1 rings (SSSR count). The molecular weight excluding hydrogens is 206 g/mol. The molecule has 0 N–H and O–H groups in total. The van der Waals surface area contributed by atoms with Crippen LogP contribution in [0.1, 0.15) is 20.3 Å². The number of non-ortho nitro benzene ring substituents is 1. The minimum atomic E-state index is -0.446. The molecule has 0 saturated carbocycles. The highest BCUT2D eigenvalue weighted by molar-refractivity contribution is 5.53. The van der Waals surface area contributed by atoms with E-state index in [0.717, 1.165) is 6.42 Å². The molecular formula is C11H13N3O2. The van der Waals surface area contributed by atoms with Crippen molar-refractivity contribution >= 4 is 11.4 Å². The minimum absolute atomic E-state index is 0.0501. The first kappa shape index (κ1) is 12.0. The van der Waals surface area contributed by atoms with Crippen LogP contribution in [0.5, 0.6) is 0 Å². The third-order valence-corrected chi connectivity index (χ3v) is 1.80. The maximum Gasteiger partial charge on any atom is 0.271 e. The van der Waals surface area contributed by atoms with Gasteiger partial charge in [0.25, 0.3) is 11.8 Å². The Bertz CT molecular complexity index is 415. The van der Waals surface area contributed by atoms with Crippen molar-refractivity contribution in [2.45, 2.75) is 20.3 Å². The van der Waals surface area contributed by atoms with E-state index in [2.05, 4.69) is 30.3 Å². The molecule has 5 nitrogen and oxygen atoms in total. The van der Waals surface area contributed by atoms with Crippen molar-refractivity contribution in [1.29, 1.82) is 0 Å². The molecule has 0 bridgehead atoms. The van der Waals surface area contributed by atoms with E-state index in [1.807, 2.05) is 0 Å². The number of rotatable bonds is 3. The van der Waals surface area contributed by atoms with E-state index in [0.29, 0.717) is 11.6 Å². The first-order chi connectivity index (χ1) is 7.59. The van der Waals surface area contributed by atoms with Gasteiger partial charge in [-0.3, -0.25) is 15.5 Å². The largest absolute Gasteiger partial charge is 0.278 e. The van der Waals surface area contributed by atoms with Crippen molar-refractivity contribution in [3.63, 3.8) is 0 Å². The average Bonchev–Trinajstić information content (AvgIpc) is 2.25. The molecule has 1 aromatic rings. The number of nitrogens with zero attached hydrogens (tertiary/aromatic N) is 3. The van der Waals surface area contributed by atoms with Crippen LogP contribution in [-0.4, -0.2) is 4.92 Å². The second kappa shape index (κ2) is 5.71. The zero-order valence-corrected chi connectivity index (χ0v) is 9.25. The van der Waals surface area contributed by atoms with E-state index < -0.39 is 4.92 Å². The van der Waals surface area contributed by atoms with Crippen LogP contribution >= 0.6 is 0 Å². The summed E-state index contributed by atoms with van der Waals surface area (Å²) in [6.07, 6.45) is 0.747. The summed E-state index contributed by atoms with van der Waals surface area (Å²) in [7, 11) is 0. The molecule has 0 atom stereocenters. The summed E-state index contributed by atoms with van der Waals surface area (Å²) in [5.41, 5.74) is 4.51. The molecule has 0 saturated heterocycles. The van der Waals surface area contributed by atoms with E-state index >= 15 is 0 Å². The van der Waals surface area contributed by atoms with Gasteiger partial charge in [0.2, 0.25) is 0 Å². The molecule has 5 heteroatoms. The van der Waals surface area contributed by atoms with Gasteiger partial charge in [0.05, 0.1) is 11.3 Å². The Labute approximate surface area is 94.0 Å². The molecule has 0 spiro atoms. The van der Waals surface area contributed by atoms with Crippen molar-refractivity contribution < 1.29 is 4.92 Å². The Morgan fingerprint density at radius 1 is 1.44 bits per heavy atom. The number of nitro groups is 1. The molecule has 84 valence electrons. The maximum absolute atomic E-state index is 10.4. The van der Waals surface area contributed by atoms with Crippen LogP contribution in [0.3, 0.4) is 0 Å². The topological polar surface area (TPSA) is 61.6 Å². The Hall–Kier alpha value is -2.09. The fourth-order valence-corrected chi connectivity index (χ4v) is 0.958. The van der Waals surface area contributed by atoms with Crippen LogP contribution in [0, 0.1) is 22.1 Å². The third kappa shape index (κ3) is 3.96. The van der Waals surface area contributed by atoms with Gasteiger partial charge in [-0.05, 0) is 5.92 Å². The second-order valence-electron chi connectivity index (χ2n) is 3.73. The van der Waals surface area contributed by atoms with Gasteiger partial charge in [-0.1, -0.05) is 36.6 Å². The third-order valence-electron chi connectivity index (χ3n) is 1.80. The zero-order chi connectivity index (χ0) is 12.0. The molecule has 0 radical (unpaired) electrons. The number of hydrogen-bond acceptors (Lipinski definition) is 2. The summed E-state index contributed by atoms with van der Waals surface area (Å²) in [5.74, 6) is 0.496. The van der Waals surface area contributed by atoms with E-state index in [1.165, 1.54) is 12.1 Å². The Morgan fingerprint density at radius 3 is 2.56 bits per heavy atom. The smallest absolute Gasteiger partial charge is 0.271 e. The highest BCUT2D eigenvalue weighted by atomic mass is 16.6.